The van der Waals surface area contributed by atoms with Crippen molar-refractivity contribution in [3.63, 3.8) is 0 Å². The molecule has 280 valence electrons. The number of fused-ring (bicyclic) bond motifs is 14. The van der Waals surface area contributed by atoms with Crippen LogP contribution in [0.2, 0.25) is 0 Å². The molecule has 0 spiro atoms. The van der Waals surface area contributed by atoms with Gasteiger partial charge in [-0.2, -0.15) is 0 Å². The van der Waals surface area contributed by atoms with Crippen molar-refractivity contribution in [3.05, 3.63) is 126 Å². The van der Waals surface area contributed by atoms with Gasteiger partial charge in [0.15, 0.2) is 0 Å². The topological polar surface area (TPSA) is 93.2 Å². The van der Waals surface area contributed by atoms with E-state index in [1.807, 2.05) is 103 Å². The molecule has 55 heavy (non-hydrogen) atoms. The Morgan fingerprint density at radius 2 is 0.964 bits per heavy atom. The Labute approximate surface area is 339 Å². The molecule has 8 aromatic rings. The number of benzene rings is 4. The van der Waals surface area contributed by atoms with Crippen LogP contribution in [0, 0.1) is 0 Å². The van der Waals surface area contributed by atoms with E-state index in [1.54, 1.807) is 0 Å². The molecule has 0 radical (unpaired) electrons. The quantitative estimate of drug-likeness (QED) is 0.127. The zero-order chi connectivity index (χ0) is 36.8. The molecule has 4 aromatic carbocycles. The molecule has 1 aliphatic rings. The molecular formula is C47H39N4Ni2O2-. The molecule has 0 aliphatic carbocycles. The van der Waals surface area contributed by atoms with Gasteiger partial charge in [-0.15, -0.1) is 11.0 Å². The fourth-order valence-corrected chi connectivity index (χ4v) is 7.32. The fourth-order valence-electron chi connectivity index (χ4n) is 7.32. The molecule has 0 unspecified atom stereocenters. The van der Waals surface area contributed by atoms with Crippen molar-refractivity contribution < 1.29 is 43.2 Å². The van der Waals surface area contributed by atoms with E-state index < -0.39 is 0 Å². The van der Waals surface area contributed by atoms with Gasteiger partial charge in [-0.25, -0.2) is 15.0 Å². The Bertz CT molecular complexity index is 2990. The monoisotopic (exact) mass is 807 g/mol. The minimum absolute atomic E-state index is 0. The molecule has 1 aliphatic heterocycles. The molecule has 0 atom stereocenters. The van der Waals surface area contributed by atoms with Crippen LogP contribution >= 0.6 is 0 Å². The van der Waals surface area contributed by atoms with Crippen LogP contribution < -0.4 is 4.98 Å². The molecule has 8 heteroatoms. The van der Waals surface area contributed by atoms with Crippen LogP contribution in [-0.2, 0) is 43.8 Å². The molecule has 6 nitrogen and oxygen atoms in total. The van der Waals surface area contributed by atoms with Crippen molar-refractivity contribution >= 4 is 77.6 Å². The van der Waals surface area contributed by atoms with Crippen molar-refractivity contribution in [2.45, 2.75) is 52.4 Å². The maximum absolute atomic E-state index is 12.1. The summed E-state index contributed by atoms with van der Waals surface area (Å²) in [5.41, 5.74) is 8.95. The Hall–Kier alpha value is -5.28. The SMILES string of the molecule is CC(C)(C)c1cc2c3nc(c(-c4ccccc4)c4ccc([n-]4)c4cc(C(C)(C)C)cc(c4O)c4ccc5ccc6ccc(nc6c5n4)c(c1)c2O)C=C3.[Ni].[Ni]. The van der Waals surface area contributed by atoms with E-state index in [2.05, 4.69) is 53.7 Å². The number of hydrogen-bond acceptors (Lipinski definition) is 5. The van der Waals surface area contributed by atoms with Gasteiger partial charge in [-0.3, -0.25) is 0 Å². The number of aromatic hydroxyl groups is 2. The first-order valence-corrected chi connectivity index (χ1v) is 18.0. The van der Waals surface area contributed by atoms with Crippen molar-refractivity contribution in [1.82, 2.24) is 19.9 Å². The van der Waals surface area contributed by atoms with E-state index >= 15 is 0 Å². The van der Waals surface area contributed by atoms with Gasteiger partial charge < -0.3 is 15.2 Å². The number of pyridine rings is 2. The predicted molar refractivity (Wildman–Crippen MR) is 220 cm³/mol. The summed E-state index contributed by atoms with van der Waals surface area (Å²) in [4.78, 5) is 20.8. The second kappa shape index (κ2) is 13.8. The van der Waals surface area contributed by atoms with Crippen LogP contribution in [0.3, 0.4) is 0 Å². The number of nitrogens with zero attached hydrogens (tertiary/aromatic N) is 4. The number of phenolic OH excluding ortho intramolecular Hbond substituents is 2. The third-order valence-electron chi connectivity index (χ3n) is 10.4. The van der Waals surface area contributed by atoms with E-state index in [9.17, 15) is 10.2 Å². The summed E-state index contributed by atoms with van der Waals surface area (Å²) < 4.78 is 0. The Morgan fingerprint density at radius 1 is 0.491 bits per heavy atom. The van der Waals surface area contributed by atoms with Gasteiger partial charge >= 0.3 is 0 Å². The standard InChI is InChI=1S/C47H39N4O2.2Ni/c1-46(2,3)29-22-31-35-18-20-39(48-35)41(26-10-8-7-9-11-26)40-21-19-36(49-40)32-23-30(47(4,5)6)25-34(45(32)53)38-17-15-28-13-12-27-14-16-37(33(24-29)44(31)52)50-42(27)43(28)51-38;;/h7-25H,1-6H3,(H2-,48,49,50,51,52,53);;/q-1;;. The normalized spacial score (nSPS) is 12.3. The molecule has 0 fully saturated rings. The van der Waals surface area contributed by atoms with Crippen molar-refractivity contribution in [2.75, 3.05) is 0 Å². The molecule has 0 amide bonds. The summed E-state index contributed by atoms with van der Waals surface area (Å²) in [5.74, 6) is 0.235. The zero-order valence-corrected chi connectivity index (χ0v) is 33.3. The Morgan fingerprint density at radius 3 is 1.53 bits per heavy atom. The number of hydrogen-bond donors (Lipinski definition) is 2. The van der Waals surface area contributed by atoms with Gasteiger partial charge in [0.05, 0.1) is 33.5 Å². The van der Waals surface area contributed by atoms with Crippen LogP contribution in [0.15, 0.2) is 103 Å². The molecule has 0 saturated heterocycles. The predicted octanol–water partition coefficient (Wildman–Crippen LogP) is 11.6. The first-order valence-electron chi connectivity index (χ1n) is 18.0. The minimum Gasteiger partial charge on any atom is -0.657 e. The third kappa shape index (κ3) is 6.52. The van der Waals surface area contributed by atoms with Gasteiger partial charge in [-0.05, 0) is 81.6 Å². The van der Waals surface area contributed by atoms with Crippen molar-refractivity contribution in [2.24, 2.45) is 0 Å². The van der Waals surface area contributed by atoms with Crippen LogP contribution in [0.4, 0.5) is 0 Å². The van der Waals surface area contributed by atoms with E-state index in [0.29, 0.717) is 54.8 Å². The van der Waals surface area contributed by atoms with Gasteiger partial charge in [0, 0.05) is 65.3 Å². The van der Waals surface area contributed by atoms with Crippen molar-refractivity contribution in [3.8, 4) is 22.6 Å². The van der Waals surface area contributed by atoms with Crippen LogP contribution in [0.25, 0.3) is 88.7 Å². The third-order valence-corrected chi connectivity index (χ3v) is 10.4. The number of rotatable bonds is 1. The minimum atomic E-state index is -0.222. The summed E-state index contributed by atoms with van der Waals surface area (Å²) in [6, 6.07) is 34.3. The van der Waals surface area contributed by atoms with Crippen LogP contribution in [0.1, 0.15) is 64.1 Å². The van der Waals surface area contributed by atoms with Crippen LogP contribution in [0.5, 0.6) is 11.5 Å². The Kier molecular flexibility index (Phi) is 9.52. The Balaban J connectivity index is 0.00000233. The molecule has 12 bridgehead atoms. The summed E-state index contributed by atoms with van der Waals surface area (Å²) in [7, 11) is 0. The average molecular weight is 809 g/mol. The maximum Gasteiger partial charge on any atom is 0.134 e. The second-order valence-corrected chi connectivity index (χ2v) is 16.1. The van der Waals surface area contributed by atoms with E-state index in [-0.39, 0.29) is 55.3 Å². The van der Waals surface area contributed by atoms with E-state index in [1.165, 1.54) is 0 Å². The molecular weight excluding hydrogens is 770 g/mol. The van der Waals surface area contributed by atoms with Gasteiger partial charge in [0.2, 0.25) is 0 Å². The second-order valence-electron chi connectivity index (χ2n) is 16.1. The average Bonchev–Trinajstić information content (AvgIpc) is 3.82. The fraction of sp³-hybridized carbons (Fsp3) is 0.170. The van der Waals surface area contributed by atoms with Crippen LogP contribution in [-0.4, -0.2) is 25.2 Å². The smallest absolute Gasteiger partial charge is 0.134 e. The van der Waals surface area contributed by atoms with E-state index in [0.717, 1.165) is 44.2 Å². The summed E-state index contributed by atoms with van der Waals surface area (Å²) in [6.45, 7) is 13.0. The summed E-state index contributed by atoms with van der Waals surface area (Å²) in [5, 5.41) is 28.6. The molecule has 0 saturated carbocycles. The summed E-state index contributed by atoms with van der Waals surface area (Å²) >= 11 is 0. The van der Waals surface area contributed by atoms with E-state index in [4.69, 9.17) is 19.9 Å². The maximum atomic E-state index is 12.1. The van der Waals surface area contributed by atoms with Gasteiger partial charge in [0.25, 0.3) is 0 Å². The van der Waals surface area contributed by atoms with Gasteiger partial charge in [0.1, 0.15) is 11.5 Å². The largest absolute Gasteiger partial charge is 0.657 e. The van der Waals surface area contributed by atoms with Crippen molar-refractivity contribution in [1.29, 1.82) is 0 Å². The number of phenols is 2. The molecule has 2 N–H and O–H groups in total. The number of aromatic nitrogens is 4. The first kappa shape index (κ1) is 38.0. The van der Waals surface area contributed by atoms with Gasteiger partial charge in [-0.1, -0.05) is 108 Å². The first-order chi connectivity index (χ1) is 25.3. The molecule has 9 rings (SSSR count). The molecule has 5 heterocycles. The zero-order valence-electron chi connectivity index (χ0n) is 31.3. The molecule has 4 aromatic heterocycles. The summed E-state index contributed by atoms with van der Waals surface area (Å²) in [6.07, 6.45) is 3.95.